The molecule has 0 radical (unpaired) electrons. The largest absolute Gasteiger partial charge is 0.497 e. The van der Waals surface area contributed by atoms with Crippen LogP contribution in [0.15, 0.2) is 54.0 Å². The summed E-state index contributed by atoms with van der Waals surface area (Å²) in [5.74, 6) is 0.456. The molecule has 10 heteroatoms. The monoisotopic (exact) mass is 469 g/mol. The Hall–Kier alpha value is -3.50. The maximum Gasteiger partial charge on any atom is 0.322 e. The number of anilines is 1. The predicted molar refractivity (Wildman–Crippen MR) is 127 cm³/mol. The van der Waals surface area contributed by atoms with Crippen molar-refractivity contribution in [1.29, 1.82) is 0 Å². The summed E-state index contributed by atoms with van der Waals surface area (Å²) in [6.45, 7) is 1.48. The van der Waals surface area contributed by atoms with Crippen LogP contribution in [-0.2, 0) is 17.7 Å². The molecular formula is C23H27N5O4S. The lowest BCUT2D eigenvalue weighted by Gasteiger charge is -2.22. The molecule has 33 heavy (non-hydrogen) atoms. The molecule has 3 aromatic rings. The highest BCUT2D eigenvalue weighted by Gasteiger charge is 2.18. The van der Waals surface area contributed by atoms with Crippen molar-refractivity contribution in [2.24, 2.45) is 0 Å². The summed E-state index contributed by atoms with van der Waals surface area (Å²) in [4.78, 5) is 35.5. The van der Waals surface area contributed by atoms with Crippen LogP contribution in [0.3, 0.4) is 0 Å². The fraction of sp³-hybridized carbons (Fsp3) is 0.304. The molecule has 0 aliphatic heterocycles. The highest BCUT2D eigenvalue weighted by molar-refractivity contribution is 7.09. The number of amides is 3. The molecule has 0 saturated carbocycles. The van der Waals surface area contributed by atoms with E-state index in [1.54, 1.807) is 55.0 Å². The van der Waals surface area contributed by atoms with E-state index in [0.29, 0.717) is 48.3 Å². The molecule has 0 unspecified atom stereocenters. The number of hydrogen-bond acceptors (Lipinski definition) is 7. The molecule has 0 spiro atoms. The van der Waals surface area contributed by atoms with Gasteiger partial charge >= 0.3 is 6.03 Å². The molecule has 0 aliphatic rings. The molecule has 0 saturated heterocycles. The number of methoxy groups -OCH3 is 2. The molecule has 2 N–H and O–H groups in total. The van der Waals surface area contributed by atoms with E-state index in [4.69, 9.17) is 9.47 Å². The minimum Gasteiger partial charge on any atom is -0.497 e. The van der Waals surface area contributed by atoms with E-state index in [1.807, 2.05) is 18.2 Å². The number of nitrogens with one attached hydrogen (secondary N) is 2. The number of nitrogens with zero attached hydrogens (tertiary/aromatic N) is 3. The van der Waals surface area contributed by atoms with E-state index in [0.717, 1.165) is 5.69 Å². The second-order valence-electron chi connectivity index (χ2n) is 7.03. The summed E-state index contributed by atoms with van der Waals surface area (Å²) in [6.07, 6.45) is 2.36. The van der Waals surface area contributed by atoms with Crippen molar-refractivity contribution in [2.75, 3.05) is 39.2 Å². The number of aromatic nitrogens is 2. The minimum atomic E-state index is -0.284. The van der Waals surface area contributed by atoms with Crippen molar-refractivity contribution in [3.05, 3.63) is 70.4 Å². The Balaban J connectivity index is 1.56. The lowest BCUT2D eigenvalue weighted by atomic mass is 10.2. The van der Waals surface area contributed by atoms with E-state index in [1.165, 1.54) is 11.3 Å². The smallest absolute Gasteiger partial charge is 0.322 e. The first-order chi connectivity index (χ1) is 16.1. The number of pyridine rings is 1. The van der Waals surface area contributed by atoms with Gasteiger partial charge in [0.2, 0.25) is 0 Å². The standard InChI is InChI=1S/C23H27N5O4S/c1-31-14-13-28(23(30)26-18-6-8-19(32-2)9-7-18)15-21-27-20(16-33-21)22(29)25-12-10-17-5-3-4-11-24-17/h3-9,11,16H,10,12-15H2,1-2H3,(H,25,29)(H,26,30). The third kappa shape index (κ3) is 7.55. The van der Waals surface area contributed by atoms with Gasteiger partial charge in [0.1, 0.15) is 16.5 Å². The van der Waals surface area contributed by atoms with Gasteiger partial charge in [0, 0.05) is 49.6 Å². The topological polar surface area (TPSA) is 106 Å². The van der Waals surface area contributed by atoms with Gasteiger partial charge in [0.05, 0.1) is 20.3 Å². The maximum absolute atomic E-state index is 12.8. The Labute approximate surface area is 196 Å². The zero-order valence-corrected chi connectivity index (χ0v) is 19.4. The van der Waals surface area contributed by atoms with E-state index < -0.39 is 0 Å². The summed E-state index contributed by atoms with van der Waals surface area (Å²) >= 11 is 1.33. The van der Waals surface area contributed by atoms with E-state index in [9.17, 15) is 9.59 Å². The van der Waals surface area contributed by atoms with Gasteiger partial charge in [-0.25, -0.2) is 9.78 Å². The van der Waals surface area contributed by atoms with Crippen molar-refractivity contribution in [1.82, 2.24) is 20.2 Å². The summed E-state index contributed by atoms with van der Waals surface area (Å²) < 4.78 is 10.3. The van der Waals surface area contributed by atoms with Crippen molar-refractivity contribution >= 4 is 29.0 Å². The number of ether oxygens (including phenoxy) is 2. The average molecular weight is 470 g/mol. The Morgan fingerprint density at radius 3 is 2.64 bits per heavy atom. The maximum atomic E-state index is 12.8. The van der Waals surface area contributed by atoms with Crippen LogP contribution in [0.4, 0.5) is 10.5 Å². The molecule has 0 atom stereocenters. The number of thiazole rings is 1. The molecule has 3 amide bonds. The van der Waals surface area contributed by atoms with Crippen LogP contribution in [-0.4, -0.2) is 60.7 Å². The zero-order valence-electron chi connectivity index (χ0n) is 18.6. The van der Waals surface area contributed by atoms with E-state index in [2.05, 4.69) is 20.6 Å². The Bertz CT molecular complexity index is 1030. The molecule has 0 bridgehead atoms. The third-order valence-electron chi connectivity index (χ3n) is 4.70. The van der Waals surface area contributed by atoms with Gasteiger partial charge in [0.15, 0.2) is 0 Å². The second-order valence-corrected chi connectivity index (χ2v) is 7.97. The summed E-state index contributed by atoms with van der Waals surface area (Å²) in [7, 11) is 3.17. The summed E-state index contributed by atoms with van der Waals surface area (Å²) in [5.41, 5.74) is 1.89. The highest BCUT2D eigenvalue weighted by atomic mass is 32.1. The summed E-state index contributed by atoms with van der Waals surface area (Å²) in [6, 6.07) is 12.5. The van der Waals surface area contributed by atoms with Crippen LogP contribution in [0.2, 0.25) is 0 Å². The SMILES string of the molecule is COCCN(Cc1nc(C(=O)NCCc2ccccn2)cs1)C(=O)Nc1ccc(OC)cc1. The average Bonchev–Trinajstić information content (AvgIpc) is 3.31. The highest BCUT2D eigenvalue weighted by Crippen LogP contribution is 2.17. The molecule has 0 aliphatic carbocycles. The van der Waals surface area contributed by atoms with E-state index >= 15 is 0 Å². The van der Waals surface area contributed by atoms with Crippen molar-refractivity contribution in [2.45, 2.75) is 13.0 Å². The van der Waals surface area contributed by atoms with Crippen LogP contribution < -0.4 is 15.4 Å². The first kappa shape index (κ1) is 24.1. The number of carbonyl (C=O) groups is 2. The van der Waals surface area contributed by atoms with Gasteiger partial charge in [-0.2, -0.15) is 0 Å². The lowest BCUT2D eigenvalue weighted by molar-refractivity contribution is 0.0949. The first-order valence-electron chi connectivity index (χ1n) is 10.4. The Morgan fingerprint density at radius 2 is 1.94 bits per heavy atom. The van der Waals surface area contributed by atoms with Gasteiger partial charge in [-0.15, -0.1) is 11.3 Å². The van der Waals surface area contributed by atoms with Crippen molar-refractivity contribution < 1.29 is 19.1 Å². The van der Waals surface area contributed by atoms with Crippen molar-refractivity contribution in [3.63, 3.8) is 0 Å². The lowest BCUT2D eigenvalue weighted by Crippen LogP contribution is -2.36. The molecule has 3 rings (SSSR count). The quantitative estimate of drug-likeness (QED) is 0.447. The van der Waals surface area contributed by atoms with Crippen LogP contribution in [0, 0.1) is 0 Å². The summed E-state index contributed by atoms with van der Waals surface area (Å²) in [5, 5.41) is 8.07. The van der Waals surface area contributed by atoms with Gasteiger partial charge in [-0.1, -0.05) is 6.07 Å². The van der Waals surface area contributed by atoms with Crippen LogP contribution in [0.25, 0.3) is 0 Å². The number of rotatable bonds is 11. The van der Waals surface area contributed by atoms with Crippen LogP contribution in [0.5, 0.6) is 5.75 Å². The molecular weight excluding hydrogens is 442 g/mol. The Kier molecular flexibility index (Phi) is 9.16. The minimum absolute atomic E-state index is 0.250. The van der Waals surface area contributed by atoms with Gasteiger partial charge in [-0.05, 0) is 36.4 Å². The normalized spacial score (nSPS) is 10.5. The molecule has 9 nitrogen and oxygen atoms in total. The van der Waals surface area contributed by atoms with E-state index in [-0.39, 0.29) is 18.5 Å². The van der Waals surface area contributed by atoms with Gasteiger partial charge in [-0.3, -0.25) is 9.78 Å². The second kappa shape index (κ2) is 12.5. The Morgan fingerprint density at radius 1 is 1.12 bits per heavy atom. The fourth-order valence-electron chi connectivity index (χ4n) is 2.92. The molecule has 0 fully saturated rings. The number of carbonyl (C=O) groups excluding carboxylic acids is 2. The third-order valence-corrected chi connectivity index (χ3v) is 5.53. The zero-order chi connectivity index (χ0) is 23.5. The molecule has 2 aromatic heterocycles. The number of hydrogen-bond donors (Lipinski definition) is 2. The van der Waals surface area contributed by atoms with Gasteiger partial charge < -0.3 is 25.0 Å². The van der Waals surface area contributed by atoms with Crippen LogP contribution in [0.1, 0.15) is 21.2 Å². The van der Waals surface area contributed by atoms with Crippen LogP contribution >= 0.6 is 11.3 Å². The fourth-order valence-corrected chi connectivity index (χ4v) is 3.71. The number of urea groups is 1. The molecule has 1 aromatic carbocycles. The van der Waals surface area contributed by atoms with Gasteiger partial charge in [0.25, 0.3) is 5.91 Å². The van der Waals surface area contributed by atoms with Crippen molar-refractivity contribution in [3.8, 4) is 5.75 Å². The number of benzene rings is 1. The molecule has 2 heterocycles. The molecule has 174 valence electrons. The predicted octanol–water partition coefficient (Wildman–Crippen LogP) is 3.20. The first-order valence-corrected chi connectivity index (χ1v) is 11.3.